The second-order valence-corrected chi connectivity index (χ2v) is 10.5. The summed E-state index contributed by atoms with van der Waals surface area (Å²) in [6, 6.07) is 23.7. The maximum absolute atomic E-state index is 15.7. The maximum Gasteiger partial charge on any atom is 0.296 e. The molecule has 220 valence electrons. The Morgan fingerprint density at radius 2 is 1.75 bits per heavy atom. The summed E-state index contributed by atoms with van der Waals surface area (Å²) in [6.07, 6.45) is 1.62. The molecule has 1 aliphatic heterocycles. The van der Waals surface area contributed by atoms with Gasteiger partial charge in [0.15, 0.2) is 11.5 Å². The summed E-state index contributed by atoms with van der Waals surface area (Å²) >= 11 is 0. The summed E-state index contributed by atoms with van der Waals surface area (Å²) in [5, 5.41) is 9.64. The lowest BCUT2D eigenvalue weighted by Crippen LogP contribution is -2.46. The summed E-state index contributed by atoms with van der Waals surface area (Å²) in [6.45, 7) is 5.80. The predicted molar refractivity (Wildman–Crippen MR) is 164 cm³/mol. The number of rotatable bonds is 7. The zero-order valence-electron chi connectivity index (χ0n) is 24.3. The number of fused-ring (bicyclic) bond motifs is 1. The Balaban J connectivity index is 1.28. The highest BCUT2D eigenvalue weighted by molar-refractivity contribution is 5.99. The highest BCUT2D eigenvalue weighted by Crippen LogP contribution is 2.35. The fourth-order valence-corrected chi connectivity index (χ4v) is 5.44. The van der Waals surface area contributed by atoms with Gasteiger partial charge >= 0.3 is 0 Å². The van der Waals surface area contributed by atoms with Crippen LogP contribution in [0, 0.1) is 24.1 Å². The van der Waals surface area contributed by atoms with Crippen LogP contribution in [0.2, 0.25) is 0 Å². The van der Waals surface area contributed by atoms with Crippen LogP contribution in [-0.4, -0.2) is 64.0 Å². The number of nitriles is 1. The quantitative estimate of drug-likeness (QED) is 0.270. The van der Waals surface area contributed by atoms with E-state index in [2.05, 4.69) is 47.2 Å². The molecule has 11 heteroatoms. The van der Waals surface area contributed by atoms with Crippen molar-refractivity contribution in [3.05, 3.63) is 102 Å². The van der Waals surface area contributed by atoms with Crippen LogP contribution in [0.5, 0.6) is 0 Å². The van der Waals surface area contributed by atoms with E-state index in [4.69, 9.17) is 10.2 Å². The Bertz CT molecular complexity index is 1870. The second kappa shape index (κ2) is 12.5. The number of carbonyl (C=O) groups excluding carboxylic acids is 1. The molecule has 0 spiro atoms. The summed E-state index contributed by atoms with van der Waals surface area (Å²) in [4.78, 5) is 39.0. The summed E-state index contributed by atoms with van der Waals surface area (Å²) < 4.78 is 15.7. The van der Waals surface area contributed by atoms with Gasteiger partial charge in [0.2, 0.25) is 5.82 Å². The molecular formula is C33H29FN8O2. The minimum Gasteiger partial charge on any atom is -0.354 e. The number of nitrogens with one attached hydrogen (secondary N) is 1. The number of aryl methyl sites for hydroxylation is 1. The van der Waals surface area contributed by atoms with Gasteiger partial charge in [-0.25, -0.2) is 29.8 Å². The SMILES string of the molecule is CONC(=O)c1nc(C)c2cc(-c3ccccc3)c(-c3ccc(CN4CCN(c5ccnc(C#N)n5)CC4)cc3)nc2c1F. The minimum atomic E-state index is -0.803. The van der Waals surface area contributed by atoms with Crippen molar-refractivity contribution in [2.45, 2.75) is 13.5 Å². The molecule has 44 heavy (non-hydrogen) atoms. The molecule has 0 saturated carbocycles. The number of amides is 1. The van der Waals surface area contributed by atoms with Crippen molar-refractivity contribution >= 4 is 22.6 Å². The Morgan fingerprint density at radius 1 is 1.00 bits per heavy atom. The van der Waals surface area contributed by atoms with Crippen molar-refractivity contribution in [2.24, 2.45) is 0 Å². The molecule has 0 unspecified atom stereocenters. The molecule has 6 rings (SSSR count). The van der Waals surface area contributed by atoms with Crippen molar-refractivity contribution in [1.82, 2.24) is 30.3 Å². The van der Waals surface area contributed by atoms with E-state index in [9.17, 15) is 4.79 Å². The lowest BCUT2D eigenvalue weighted by Gasteiger charge is -2.35. The van der Waals surface area contributed by atoms with Gasteiger partial charge in [-0.3, -0.25) is 14.5 Å². The Hall–Kier alpha value is -5.31. The van der Waals surface area contributed by atoms with Crippen LogP contribution in [0.4, 0.5) is 10.2 Å². The first-order valence-corrected chi connectivity index (χ1v) is 14.1. The standard InChI is InChI=1S/C33H29FN8O2/c1-21-25-18-26(23-6-4-3-5-7-23)30(39-31(25)29(34)32(37-21)33(43)40-44-2)24-10-8-22(9-11-24)20-41-14-16-42(17-15-41)28-12-13-36-27(19-35)38-28/h3-13,18H,14-17,20H2,1-2H3,(H,40,43). The number of hydrogen-bond acceptors (Lipinski definition) is 9. The Labute approximate surface area is 253 Å². The molecule has 1 aliphatic rings. The molecule has 2 aromatic carbocycles. The van der Waals surface area contributed by atoms with Crippen LogP contribution in [0.3, 0.4) is 0 Å². The number of nitrogens with zero attached hydrogens (tertiary/aromatic N) is 7. The van der Waals surface area contributed by atoms with Gasteiger partial charge in [0, 0.05) is 61.1 Å². The van der Waals surface area contributed by atoms with Crippen LogP contribution in [0.15, 0.2) is 72.9 Å². The smallest absolute Gasteiger partial charge is 0.296 e. The normalized spacial score (nSPS) is 13.5. The third-order valence-electron chi connectivity index (χ3n) is 7.67. The van der Waals surface area contributed by atoms with Crippen LogP contribution in [0.1, 0.15) is 27.6 Å². The number of hydrogen-bond donors (Lipinski definition) is 1. The summed E-state index contributed by atoms with van der Waals surface area (Å²) in [7, 11) is 1.28. The maximum atomic E-state index is 15.7. The molecule has 0 radical (unpaired) electrons. The van der Waals surface area contributed by atoms with Crippen molar-refractivity contribution in [3.8, 4) is 28.5 Å². The van der Waals surface area contributed by atoms with Crippen molar-refractivity contribution in [2.75, 3.05) is 38.2 Å². The number of hydroxylamine groups is 1. The van der Waals surface area contributed by atoms with Gasteiger partial charge in [0.25, 0.3) is 5.91 Å². The van der Waals surface area contributed by atoms with Gasteiger partial charge in [-0.1, -0.05) is 54.6 Å². The van der Waals surface area contributed by atoms with E-state index in [1.54, 1.807) is 13.1 Å². The number of carbonyl (C=O) groups is 1. The number of piperazine rings is 1. The van der Waals surface area contributed by atoms with E-state index >= 15 is 4.39 Å². The van der Waals surface area contributed by atoms with Gasteiger partial charge in [-0.05, 0) is 30.2 Å². The number of aromatic nitrogens is 4. The third-order valence-corrected chi connectivity index (χ3v) is 7.67. The molecule has 0 aliphatic carbocycles. The first-order chi connectivity index (χ1) is 21.4. The summed E-state index contributed by atoms with van der Waals surface area (Å²) in [5.74, 6) is -0.637. The Morgan fingerprint density at radius 3 is 2.45 bits per heavy atom. The van der Waals surface area contributed by atoms with Gasteiger partial charge < -0.3 is 4.90 Å². The molecule has 3 aromatic heterocycles. The zero-order valence-corrected chi connectivity index (χ0v) is 24.3. The van der Waals surface area contributed by atoms with Crippen molar-refractivity contribution in [1.29, 1.82) is 5.26 Å². The fraction of sp³-hybridized carbons (Fsp3) is 0.212. The van der Waals surface area contributed by atoms with Crippen molar-refractivity contribution in [3.63, 3.8) is 0 Å². The molecular weight excluding hydrogens is 559 g/mol. The molecule has 0 atom stereocenters. The van der Waals surface area contributed by atoms with Crippen LogP contribution in [0.25, 0.3) is 33.3 Å². The van der Waals surface area contributed by atoms with Crippen LogP contribution in [-0.2, 0) is 11.4 Å². The lowest BCUT2D eigenvalue weighted by molar-refractivity contribution is 0.0528. The van der Waals surface area contributed by atoms with Gasteiger partial charge in [-0.2, -0.15) is 5.26 Å². The first-order valence-electron chi connectivity index (χ1n) is 14.1. The molecule has 1 amide bonds. The lowest BCUT2D eigenvalue weighted by atomic mass is 9.96. The number of pyridine rings is 2. The number of benzene rings is 2. The summed E-state index contributed by atoms with van der Waals surface area (Å²) in [5.41, 5.74) is 6.67. The average Bonchev–Trinajstić information content (AvgIpc) is 3.07. The van der Waals surface area contributed by atoms with E-state index in [1.807, 2.05) is 60.7 Å². The molecule has 0 bridgehead atoms. The minimum absolute atomic E-state index is 0.0703. The molecule has 4 heterocycles. The van der Waals surface area contributed by atoms with E-state index in [-0.39, 0.29) is 17.0 Å². The number of anilines is 1. The van der Waals surface area contributed by atoms with Gasteiger partial charge in [0.05, 0.1) is 12.8 Å². The third kappa shape index (κ3) is 5.81. The van der Waals surface area contributed by atoms with E-state index < -0.39 is 11.7 Å². The Kier molecular flexibility index (Phi) is 8.18. The molecule has 1 N–H and O–H groups in total. The second-order valence-electron chi connectivity index (χ2n) is 10.5. The van der Waals surface area contributed by atoms with E-state index in [0.717, 1.165) is 60.8 Å². The fourth-order valence-electron chi connectivity index (χ4n) is 5.44. The van der Waals surface area contributed by atoms with E-state index in [0.29, 0.717) is 16.8 Å². The molecule has 5 aromatic rings. The predicted octanol–water partition coefficient (Wildman–Crippen LogP) is 4.69. The zero-order chi connectivity index (χ0) is 30.6. The van der Waals surface area contributed by atoms with Crippen LogP contribution < -0.4 is 10.4 Å². The van der Waals surface area contributed by atoms with Gasteiger partial charge in [-0.15, -0.1) is 0 Å². The highest BCUT2D eigenvalue weighted by atomic mass is 19.1. The topological polar surface area (TPSA) is 120 Å². The molecule has 1 fully saturated rings. The largest absolute Gasteiger partial charge is 0.354 e. The first kappa shape index (κ1) is 28.8. The van der Waals surface area contributed by atoms with Crippen LogP contribution >= 0.6 is 0 Å². The monoisotopic (exact) mass is 588 g/mol. The molecule has 1 saturated heterocycles. The molecule has 10 nitrogen and oxygen atoms in total. The highest BCUT2D eigenvalue weighted by Gasteiger charge is 2.23. The number of halogens is 1. The van der Waals surface area contributed by atoms with E-state index in [1.165, 1.54) is 7.11 Å². The van der Waals surface area contributed by atoms with Crippen molar-refractivity contribution < 1.29 is 14.0 Å². The van der Waals surface area contributed by atoms with Gasteiger partial charge in [0.1, 0.15) is 17.4 Å². The average molecular weight is 589 g/mol.